The Hall–Kier alpha value is -2.74. The molecule has 7 nitrogen and oxygen atoms in total. The van der Waals surface area contributed by atoms with Crippen LogP contribution in [0, 0.1) is 0 Å². The third-order valence-electron chi connectivity index (χ3n) is 3.40. The largest absolute Gasteiger partial charge is 0.461 e. The van der Waals surface area contributed by atoms with Crippen molar-refractivity contribution in [2.75, 3.05) is 19.9 Å². The lowest BCUT2D eigenvalue weighted by atomic mass is 10.1. The van der Waals surface area contributed by atoms with Crippen LogP contribution in [0.25, 0.3) is 11.6 Å². The predicted octanol–water partition coefficient (Wildman–Crippen LogP) is 2.17. The van der Waals surface area contributed by atoms with E-state index in [9.17, 15) is 4.79 Å². The first-order chi connectivity index (χ1) is 11.6. The molecule has 24 heavy (non-hydrogen) atoms. The molecule has 0 saturated carbocycles. The van der Waals surface area contributed by atoms with Crippen LogP contribution in [0.1, 0.15) is 10.8 Å². The zero-order chi connectivity index (χ0) is 17.1. The van der Waals surface area contributed by atoms with Crippen molar-refractivity contribution in [3.8, 4) is 11.6 Å². The first-order valence-electron chi connectivity index (χ1n) is 7.25. The van der Waals surface area contributed by atoms with E-state index in [1.54, 1.807) is 37.4 Å². The molecule has 0 spiro atoms. The van der Waals surface area contributed by atoms with Crippen LogP contribution in [0.4, 0.5) is 0 Å². The number of rotatable bonds is 5. The van der Waals surface area contributed by atoms with Crippen LogP contribution in [-0.4, -0.2) is 39.8 Å². The van der Waals surface area contributed by atoms with Gasteiger partial charge in [-0.2, -0.15) is 0 Å². The number of amides is 1. The number of nitrogens with zero attached hydrogens (tertiary/aromatic N) is 4. The van der Waals surface area contributed by atoms with Crippen LogP contribution in [0.5, 0.6) is 0 Å². The quantitative estimate of drug-likeness (QED) is 0.564. The number of hydrogen-bond donors (Lipinski definition) is 1. The maximum Gasteiger partial charge on any atom is 0.240 e. The van der Waals surface area contributed by atoms with Gasteiger partial charge in [-0.25, -0.2) is 4.68 Å². The smallest absolute Gasteiger partial charge is 0.240 e. The highest BCUT2D eigenvalue weighted by atomic mass is 32.2. The summed E-state index contributed by atoms with van der Waals surface area (Å²) in [5, 5.41) is 8.13. The van der Waals surface area contributed by atoms with Crippen molar-refractivity contribution >= 4 is 17.7 Å². The summed E-state index contributed by atoms with van der Waals surface area (Å²) in [6.45, 7) is 0. The molecule has 8 heteroatoms. The van der Waals surface area contributed by atoms with E-state index in [2.05, 4.69) is 10.2 Å². The van der Waals surface area contributed by atoms with Gasteiger partial charge in [0.05, 0.1) is 6.26 Å². The van der Waals surface area contributed by atoms with Gasteiger partial charge in [0.25, 0.3) is 0 Å². The van der Waals surface area contributed by atoms with Crippen LogP contribution in [0.3, 0.4) is 0 Å². The fourth-order valence-corrected chi connectivity index (χ4v) is 3.26. The van der Waals surface area contributed by atoms with E-state index in [-0.39, 0.29) is 5.91 Å². The maximum absolute atomic E-state index is 12.6. The van der Waals surface area contributed by atoms with E-state index in [1.165, 1.54) is 16.4 Å². The van der Waals surface area contributed by atoms with Crippen LogP contribution >= 0.6 is 11.8 Å². The summed E-state index contributed by atoms with van der Waals surface area (Å²) in [5.74, 6) is 6.96. The second-order valence-electron chi connectivity index (χ2n) is 5.29. The van der Waals surface area contributed by atoms with E-state index in [0.717, 1.165) is 5.56 Å². The molecule has 0 aliphatic rings. The lowest BCUT2D eigenvalue weighted by Crippen LogP contribution is -2.27. The maximum atomic E-state index is 12.6. The van der Waals surface area contributed by atoms with E-state index in [1.807, 2.05) is 30.3 Å². The molecule has 0 bridgehead atoms. The molecule has 0 fully saturated rings. The molecule has 3 rings (SSSR count). The molecule has 0 saturated heterocycles. The molecular formula is C16H17N5O2S. The van der Waals surface area contributed by atoms with Crippen LogP contribution in [0.15, 0.2) is 58.3 Å². The third-order valence-corrected chi connectivity index (χ3v) is 4.60. The summed E-state index contributed by atoms with van der Waals surface area (Å²) in [4.78, 5) is 14.1. The van der Waals surface area contributed by atoms with Crippen molar-refractivity contribution in [3.05, 3.63) is 54.3 Å². The van der Waals surface area contributed by atoms with Crippen LogP contribution in [-0.2, 0) is 4.79 Å². The number of carbonyl (C=O) groups is 1. The van der Waals surface area contributed by atoms with Gasteiger partial charge < -0.3 is 15.2 Å². The molecule has 0 aliphatic heterocycles. The molecule has 0 aliphatic carbocycles. The zero-order valence-corrected chi connectivity index (χ0v) is 14.1. The van der Waals surface area contributed by atoms with Crippen molar-refractivity contribution in [1.29, 1.82) is 0 Å². The normalized spacial score (nSPS) is 12.1. The first kappa shape index (κ1) is 16.1. The van der Waals surface area contributed by atoms with Gasteiger partial charge in [-0.3, -0.25) is 4.79 Å². The van der Waals surface area contributed by atoms with Gasteiger partial charge in [0.15, 0.2) is 5.76 Å². The topological polar surface area (TPSA) is 90.2 Å². The fraction of sp³-hybridized carbons (Fsp3) is 0.188. The van der Waals surface area contributed by atoms with E-state index < -0.39 is 5.25 Å². The lowest BCUT2D eigenvalue weighted by molar-refractivity contribution is -0.128. The van der Waals surface area contributed by atoms with Crippen LogP contribution < -0.4 is 5.84 Å². The Morgan fingerprint density at radius 2 is 1.96 bits per heavy atom. The molecule has 3 aromatic rings. The molecule has 124 valence electrons. The Bertz CT molecular complexity index is 814. The molecule has 1 aromatic carbocycles. The SMILES string of the molecule is CN(C)C(=O)[C@H](Sc1nnc(-c2ccco2)n1N)c1ccccc1. The van der Waals surface area contributed by atoms with E-state index >= 15 is 0 Å². The van der Waals surface area contributed by atoms with E-state index in [4.69, 9.17) is 10.3 Å². The Morgan fingerprint density at radius 3 is 2.58 bits per heavy atom. The summed E-state index contributed by atoms with van der Waals surface area (Å²) >= 11 is 1.25. The van der Waals surface area contributed by atoms with Crippen molar-refractivity contribution in [2.24, 2.45) is 0 Å². The summed E-state index contributed by atoms with van der Waals surface area (Å²) < 4.78 is 6.64. The highest BCUT2D eigenvalue weighted by Crippen LogP contribution is 2.36. The molecule has 1 amide bonds. The molecule has 1 atom stereocenters. The molecule has 2 heterocycles. The van der Waals surface area contributed by atoms with Crippen molar-refractivity contribution < 1.29 is 9.21 Å². The molecule has 0 unspecified atom stereocenters. The third kappa shape index (κ3) is 3.13. The number of benzene rings is 1. The monoisotopic (exact) mass is 343 g/mol. The fourth-order valence-electron chi connectivity index (χ4n) is 2.16. The Kier molecular flexibility index (Phi) is 4.57. The molecule has 2 N–H and O–H groups in total. The Morgan fingerprint density at radius 1 is 1.21 bits per heavy atom. The molecule has 0 radical (unpaired) electrons. The minimum atomic E-state index is -0.461. The minimum absolute atomic E-state index is 0.0475. The highest BCUT2D eigenvalue weighted by Gasteiger charge is 2.27. The average Bonchev–Trinajstić information content (AvgIpc) is 3.23. The van der Waals surface area contributed by atoms with Crippen molar-refractivity contribution in [2.45, 2.75) is 10.4 Å². The van der Waals surface area contributed by atoms with Gasteiger partial charge in [0.1, 0.15) is 5.25 Å². The minimum Gasteiger partial charge on any atom is -0.461 e. The van der Waals surface area contributed by atoms with Gasteiger partial charge in [0.2, 0.25) is 16.9 Å². The van der Waals surface area contributed by atoms with Gasteiger partial charge in [0, 0.05) is 14.1 Å². The van der Waals surface area contributed by atoms with Gasteiger partial charge in [-0.05, 0) is 17.7 Å². The number of nitrogens with two attached hydrogens (primary N) is 1. The first-order valence-corrected chi connectivity index (χ1v) is 8.13. The zero-order valence-electron chi connectivity index (χ0n) is 13.3. The number of carbonyl (C=O) groups excluding carboxylic acids is 1. The molecular weight excluding hydrogens is 326 g/mol. The second-order valence-corrected chi connectivity index (χ2v) is 6.37. The number of aromatic nitrogens is 3. The number of furan rings is 1. The summed E-state index contributed by atoms with van der Waals surface area (Å²) in [5.41, 5.74) is 0.878. The highest BCUT2D eigenvalue weighted by molar-refractivity contribution is 8.00. The summed E-state index contributed by atoms with van der Waals surface area (Å²) in [6, 6.07) is 13.0. The van der Waals surface area contributed by atoms with Gasteiger partial charge >= 0.3 is 0 Å². The van der Waals surface area contributed by atoms with Gasteiger partial charge in [-0.1, -0.05) is 42.1 Å². The summed E-state index contributed by atoms with van der Waals surface area (Å²) in [6.07, 6.45) is 1.54. The van der Waals surface area contributed by atoms with Crippen LogP contribution in [0.2, 0.25) is 0 Å². The number of thioether (sulfide) groups is 1. The number of likely N-dealkylation sites (N-methyl/N-ethyl adjacent to an activating group) is 1. The standard InChI is InChI=1S/C16H17N5O2S/c1-20(2)15(22)13(11-7-4-3-5-8-11)24-16-19-18-14(21(16)17)12-9-6-10-23-12/h3-10,13H,17H2,1-2H3/t13-/m1/s1. The van der Waals surface area contributed by atoms with Crippen molar-refractivity contribution in [3.63, 3.8) is 0 Å². The number of hydrogen-bond acceptors (Lipinski definition) is 6. The summed E-state index contributed by atoms with van der Waals surface area (Å²) in [7, 11) is 3.45. The molecule has 2 aromatic heterocycles. The van der Waals surface area contributed by atoms with Crippen molar-refractivity contribution in [1.82, 2.24) is 19.8 Å². The predicted molar refractivity (Wildman–Crippen MR) is 91.6 cm³/mol. The average molecular weight is 343 g/mol. The Labute approximate surface area is 143 Å². The number of nitrogen functional groups attached to an aromatic ring is 1. The Balaban J connectivity index is 1.93. The lowest BCUT2D eigenvalue weighted by Gasteiger charge is -2.19. The van der Waals surface area contributed by atoms with Gasteiger partial charge in [-0.15, -0.1) is 10.2 Å². The second kappa shape index (κ2) is 6.79. The van der Waals surface area contributed by atoms with E-state index in [0.29, 0.717) is 16.7 Å².